The summed E-state index contributed by atoms with van der Waals surface area (Å²) in [6.07, 6.45) is 0. The highest BCUT2D eigenvalue weighted by atomic mass is 32.2. The first-order valence-electron chi connectivity index (χ1n) is 5.68. The molecular formula is C12H15NO6S. The van der Waals surface area contributed by atoms with Crippen LogP contribution in [-0.4, -0.2) is 42.3 Å². The van der Waals surface area contributed by atoms with Gasteiger partial charge in [0.25, 0.3) is 0 Å². The van der Waals surface area contributed by atoms with Crippen LogP contribution in [0.5, 0.6) is 5.75 Å². The molecule has 1 atom stereocenters. The monoisotopic (exact) mass is 301 g/mol. The Kier molecular flexibility index (Phi) is 5.09. The molecule has 110 valence electrons. The van der Waals surface area contributed by atoms with Crippen molar-refractivity contribution in [2.75, 3.05) is 5.75 Å². The van der Waals surface area contributed by atoms with Crippen molar-refractivity contribution in [3.8, 4) is 5.75 Å². The van der Waals surface area contributed by atoms with Crippen LogP contribution >= 0.6 is 0 Å². The molecule has 3 N–H and O–H groups in total. The van der Waals surface area contributed by atoms with Gasteiger partial charge in [0.2, 0.25) is 5.91 Å². The highest BCUT2D eigenvalue weighted by Crippen LogP contribution is 2.13. The Morgan fingerprint density at radius 2 is 1.80 bits per heavy atom. The smallest absolute Gasteiger partial charge is 0.327 e. The van der Waals surface area contributed by atoms with Gasteiger partial charge in [0.05, 0.1) is 11.5 Å². The van der Waals surface area contributed by atoms with Gasteiger partial charge in [-0.15, -0.1) is 0 Å². The van der Waals surface area contributed by atoms with Gasteiger partial charge in [-0.05, 0) is 17.7 Å². The number of phenolic OH excluding ortho intramolecular Hbond substituents is 1. The Hall–Kier alpha value is -2.09. The molecule has 1 aromatic rings. The predicted molar refractivity (Wildman–Crippen MR) is 70.8 cm³/mol. The van der Waals surface area contributed by atoms with Crippen molar-refractivity contribution >= 4 is 21.7 Å². The van der Waals surface area contributed by atoms with Crippen molar-refractivity contribution in [3.63, 3.8) is 0 Å². The summed E-state index contributed by atoms with van der Waals surface area (Å²) in [5.41, 5.74) is 0.426. The predicted octanol–water partition coefficient (Wildman–Crippen LogP) is -0.104. The number of carboxylic acids is 1. The van der Waals surface area contributed by atoms with Crippen LogP contribution in [0.1, 0.15) is 12.5 Å². The number of sulfone groups is 1. The van der Waals surface area contributed by atoms with Gasteiger partial charge in [0.15, 0.2) is 9.84 Å². The van der Waals surface area contributed by atoms with Gasteiger partial charge >= 0.3 is 5.97 Å². The molecule has 0 saturated heterocycles. The number of hydrogen-bond donors (Lipinski definition) is 3. The maximum absolute atomic E-state index is 11.9. The summed E-state index contributed by atoms with van der Waals surface area (Å²) < 4.78 is 23.8. The fourth-order valence-corrected chi connectivity index (χ4v) is 3.13. The molecule has 20 heavy (non-hydrogen) atoms. The maximum Gasteiger partial charge on any atom is 0.327 e. The van der Waals surface area contributed by atoms with Crippen LogP contribution in [0.25, 0.3) is 0 Å². The van der Waals surface area contributed by atoms with E-state index in [1.54, 1.807) is 0 Å². The van der Waals surface area contributed by atoms with E-state index in [2.05, 4.69) is 5.32 Å². The Balaban J connectivity index is 2.79. The molecule has 0 heterocycles. The van der Waals surface area contributed by atoms with Crippen molar-refractivity contribution in [2.24, 2.45) is 0 Å². The van der Waals surface area contributed by atoms with E-state index in [0.29, 0.717) is 5.56 Å². The van der Waals surface area contributed by atoms with Gasteiger partial charge in [-0.1, -0.05) is 12.1 Å². The lowest BCUT2D eigenvalue weighted by atomic mass is 10.2. The first-order chi connectivity index (χ1) is 9.19. The van der Waals surface area contributed by atoms with Crippen molar-refractivity contribution < 1.29 is 28.2 Å². The quantitative estimate of drug-likeness (QED) is 0.674. The Bertz CT molecular complexity index is 593. The molecule has 0 bridgehead atoms. The molecule has 0 fully saturated rings. The molecule has 0 aliphatic carbocycles. The van der Waals surface area contributed by atoms with Crippen LogP contribution in [0.3, 0.4) is 0 Å². The number of rotatable bonds is 6. The van der Waals surface area contributed by atoms with Crippen LogP contribution < -0.4 is 5.32 Å². The number of benzene rings is 1. The number of carboxylic acid groups (broad SMARTS) is 1. The molecular weight excluding hydrogens is 286 g/mol. The number of nitrogens with one attached hydrogen (secondary N) is 1. The third-order valence-corrected chi connectivity index (χ3v) is 4.03. The van der Waals surface area contributed by atoms with Crippen LogP contribution in [0.15, 0.2) is 24.3 Å². The number of carbonyl (C=O) groups excluding carboxylic acids is 1. The number of amides is 1. The molecule has 0 unspecified atom stereocenters. The van der Waals surface area contributed by atoms with Crippen LogP contribution in [0.2, 0.25) is 0 Å². The molecule has 1 rings (SSSR count). The molecule has 0 saturated carbocycles. The van der Waals surface area contributed by atoms with Crippen LogP contribution in [0, 0.1) is 0 Å². The molecule has 0 spiro atoms. The summed E-state index contributed by atoms with van der Waals surface area (Å²) in [5.74, 6) is -3.07. The van der Waals surface area contributed by atoms with Gasteiger partial charge in [0.1, 0.15) is 11.8 Å². The standard InChI is InChI=1S/C12H15NO6S/c1-8(14)13-11(12(16)17)7-20(18,19)6-9-2-4-10(15)5-3-9/h2-5,11,15H,6-7H2,1H3,(H,13,14)(H,16,17)/t11-/m0/s1. The van der Waals surface area contributed by atoms with E-state index in [-0.39, 0.29) is 11.5 Å². The summed E-state index contributed by atoms with van der Waals surface area (Å²) in [6, 6.07) is 4.07. The zero-order valence-electron chi connectivity index (χ0n) is 10.7. The molecule has 1 aromatic carbocycles. The van der Waals surface area contributed by atoms with Gasteiger partial charge in [0, 0.05) is 6.92 Å². The second-order valence-corrected chi connectivity index (χ2v) is 6.42. The van der Waals surface area contributed by atoms with Crippen molar-refractivity contribution in [1.29, 1.82) is 0 Å². The topological polar surface area (TPSA) is 121 Å². The van der Waals surface area contributed by atoms with Gasteiger partial charge < -0.3 is 15.5 Å². The number of aromatic hydroxyl groups is 1. The van der Waals surface area contributed by atoms with Crippen molar-refractivity contribution in [3.05, 3.63) is 29.8 Å². The zero-order valence-corrected chi connectivity index (χ0v) is 11.6. The fourth-order valence-electron chi connectivity index (χ4n) is 1.58. The molecule has 8 heteroatoms. The van der Waals surface area contributed by atoms with E-state index in [0.717, 1.165) is 6.92 Å². The Labute approximate surface area is 116 Å². The van der Waals surface area contributed by atoms with Gasteiger partial charge in [-0.3, -0.25) is 4.79 Å². The molecule has 7 nitrogen and oxygen atoms in total. The number of aliphatic carboxylic acids is 1. The van der Waals surface area contributed by atoms with Crippen molar-refractivity contribution in [1.82, 2.24) is 5.32 Å². The van der Waals surface area contributed by atoms with Gasteiger partial charge in [-0.25, -0.2) is 13.2 Å². The van der Waals surface area contributed by atoms with E-state index in [1.807, 2.05) is 0 Å². The first-order valence-corrected chi connectivity index (χ1v) is 7.50. The lowest BCUT2D eigenvalue weighted by Crippen LogP contribution is -2.44. The van der Waals surface area contributed by atoms with Gasteiger partial charge in [-0.2, -0.15) is 0 Å². The summed E-state index contributed by atoms with van der Waals surface area (Å²) in [7, 11) is -3.71. The second kappa shape index (κ2) is 6.38. The maximum atomic E-state index is 11.9. The second-order valence-electron chi connectivity index (χ2n) is 4.31. The zero-order chi connectivity index (χ0) is 15.3. The summed E-state index contributed by atoms with van der Waals surface area (Å²) in [4.78, 5) is 21.7. The largest absolute Gasteiger partial charge is 0.508 e. The fraction of sp³-hybridized carbons (Fsp3) is 0.333. The highest BCUT2D eigenvalue weighted by molar-refractivity contribution is 7.90. The lowest BCUT2D eigenvalue weighted by molar-refractivity contribution is -0.140. The lowest BCUT2D eigenvalue weighted by Gasteiger charge is -2.13. The molecule has 1 amide bonds. The Morgan fingerprint density at radius 3 is 2.25 bits per heavy atom. The molecule has 0 aromatic heterocycles. The van der Waals surface area contributed by atoms with E-state index in [4.69, 9.17) is 10.2 Å². The van der Waals surface area contributed by atoms with E-state index < -0.39 is 33.5 Å². The number of carbonyl (C=O) groups is 2. The van der Waals surface area contributed by atoms with Crippen molar-refractivity contribution in [2.45, 2.75) is 18.7 Å². The SMILES string of the molecule is CC(=O)N[C@@H](CS(=O)(=O)Cc1ccc(O)cc1)C(=O)O. The minimum Gasteiger partial charge on any atom is -0.508 e. The third kappa shape index (κ3) is 5.27. The highest BCUT2D eigenvalue weighted by Gasteiger charge is 2.26. The number of phenols is 1. The molecule has 0 aliphatic heterocycles. The van der Waals surface area contributed by atoms with E-state index in [1.165, 1.54) is 24.3 Å². The summed E-state index contributed by atoms with van der Waals surface area (Å²) in [6.45, 7) is 1.11. The summed E-state index contributed by atoms with van der Waals surface area (Å²) in [5, 5.41) is 20.0. The first kappa shape index (κ1) is 16.0. The van der Waals surface area contributed by atoms with E-state index >= 15 is 0 Å². The minimum atomic E-state index is -3.71. The minimum absolute atomic E-state index is 0.00723. The third-order valence-electron chi connectivity index (χ3n) is 2.42. The normalized spacial score (nSPS) is 12.7. The average molecular weight is 301 g/mol. The Morgan fingerprint density at radius 1 is 1.25 bits per heavy atom. The number of hydrogen-bond acceptors (Lipinski definition) is 5. The summed E-state index contributed by atoms with van der Waals surface area (Å²) >= 11 is 0. The molecule has 0 aliphatic rings. The van der Waals surface area contributed by atoms with E-state index in [9.17, 15) is 18.0 Å². The van der Waals surface area contributed by atoms with Crippen LogP contribution in [0.4, 0.5) is 0 Å². The molecule has 0 radical (unpaired) electrons. The van der Waals surface area contributed by atoms with Crippen LogP contribution in [-0.2, 0) is 25.2 Å². The average Bonchev–Trinajstić information content (AvgIpc) is 2.30.